The Hall–Kier alpha value is -1.83. The maximum Gasteiger partial charge on any atom is 0.426 e. The smallest absolute Gasteiger partial charge is 0.426 e. The molecule has 0 spiro atoms. The average Bonchev–Trinajstić information content (AvgIpc) is 2.19. The summed E-state index contributed by atoms with van der Waals surface area (Å²) in [5, 5.41) is 0. The van der Waals surface area contributed by atoms with Gasteiger partial charge in [0.1, 0.15) is 5.60 Å². The van der Waals surface area contributed by atoms with Gasteiger partial charge in [0.15, 0.2) is 0 Å². The van der Waals surface area contributed by atoms with E-state index in [0.29, 0.717) is 0 Å². The molecule has 8 nitrogen and oxygen atoms in total. The van der Waals surface area contributed by atoms with Gasteiger partial charge < -0.3 is 16.2 Å². The summed E-state index contributed by atoms with van der Waals surface area (Å²) in [6.07, 6.45) is -0.684. The van der Waals surface area contributed by atoms with E-state index in [1.807, 2.05) is 0 Å². The van der Waals surface area contributed by atoms with Crippen LogP contribution < -0.4 is 22.3 Å². The first-order valence-corrected chi connectivity index (χ1v) is 5.44. The van der Waals surface area contributed by atoms with Gasteiger partial charge in [-0.05, 0) is 27.2 Å². The molecule has 8 heteroatoms. The topological polar surface area (TPSA) is 137 Å². The number of hydrazine groups is 1. The summed E-state index contributed by atoms with van der Waals surface area (Å²) in [6.45, 7) is 5.06. The van der Waals surface area contributed by atoms with Crippen molar-refractivity contribution in [3.8, 4) is 0 Å². The summed E-state index contributed by atoms with van der Waals surface area (Å²) in [7, 11) is 0. The van der Waals surface area contributed by atoms with E-state index in [-0.39, 0.29) is 12.8 Å². The molecule has 0 unspecified atom stereocenters. The molecule has 0 aromatic rings. The van der Waals surface area contributed by atoms with E-state index in [0.717, 1.165) is 0 Å². The molecule has 0 bridgehead atoms. The third kappa shape index (κ3) is 8.34. The van der Waals surface area contributed by atoms with Gasteiger partial charge in [0, 0.05) is 6.42 Å². The number of amides is 3. The number of rotatable bonds is 4. The highest BCUT2D eigenvalue weighted by molar-refractivity contribution is 5.84. The minimum atomic E-state index is -0.924. The van der Waals surface area contributed by atoms with Gasteiger partial charge in [-0.15, -0.1) is 0 Å². The Morgan fingerprint density at radius 2 is 1.78 bits per heavy atom. The summed E-state index contributed by atoms with van der Waals surface area (Å²) < 4.78 is 4.89. The Morgan fingerprint density at radius 1 is 1.22 bits per heavy atom. The van der Waals surface area contributed by atoms with Crippen molar-refractivity contribution in [3.05, 3.63) is 0 Å². The Morgan fingerprint density at radius 3 is 2.22 bits per heavy atom. The molecule has 1 atom stereocenters. The quantitative estimate of drug-likeness (QED) is 0.487. The van der Waals surface area contributed by atoms with E-state index in [1.54, 1.807) is 20.8 Å². The molecule has 0 aliphatic rings. The van der Waals surface area contributed by atoms with Crippen molar-refractivity contribution in [1.82, 2.24) is 10.9 Å². The second kappa shape index (κ2) is 6.80. The van der Waals surface area contributed by atoms with Crippen LogP contribution in [0.1, 0.15) is 33.6 Å². The van der Waals surface area contributed by atoms with Crippen molar-refractivity contribution in [3.63, 3.8) is 0 Å². The Balaban J connectivity index is 3.95. The van der Waals surface area contributed by atoms with Crippen molar-refractivity contribution < 1.29 is 19.1 Å². The highest BCUT2D eigenvalue weighted by Gasteiger charge is 2.18. The standard InChI is InChI=1S/C10H20N4O4/c1-10(2,3)18-9(17)14-13-8(16)6(11)4-5-7(12)15/h6H,4-5,11H2,1-3H3,(H2,12,15)(H,13,16)(H,14,17)/t6-/m0/s1. The fraction of sp³-hybridized carbons (Fsp3) is 0.700. The van der Waals surface area contributed by atoms with Crippen LogP contribution in [0, 0.1) is 0 Å². The minimum absolute atomic E-state index is 0.00102. The third-order valence-electron chi connectivity index (χ3n) is 1.73. The van der Waals surface area contributed by atoms with Crippen molar-refractivity contribution >= 4 is 17.9 Å². The lowest BCUT2D eigenvalue weighted by atomic mass is 10.1. The predicted molar refractivity (Wildman–Crippen MR) is 63.9 cm³/mol. The number of hydrogen-bond acceptors (Lipinski definition) is 5. The van der Waals surface area contributed by atoms with Crippen molar-refractivity contribution in [2.45, 2.75) is 45.3 Å². The largest absolute Gasteiger partial charge is 0.443 e. The maximum absolute atomic E-state index is 11.4. The van der Waals surface area contributed by atoms with Gasteiger partial charge >= 0.3 is 6.09 Å². The predicted octanol–water partition coefficient (Wildman–Crippen LogP) is -0.865. The van der Waals surface area contributed by atoms with Gasteiger partial charge in [0.2, 0.25) is 5.91 Å². The first-order valence-electron chi connectivity index (χ1n) is 5.44. The number of hydrogen-bond donors (Lipinski definition) is 4. The number of nitrogens with two attached hydrogens (primary N) is 2. The summed E-state index contributed by atoms with van der Waals surface area (Å²) in [6, 6.07) is -0.924. The number of carbonyl (C=O) groups excluding carboxylic acids is 3. The lowest BCUT2D eigenvalue weighted by molar-refractivity contribution is -0.123. The molecule has 0 aromatic heterocycles. The van der Waals surface area contributed by atoms with Gasteiger partial charge in [0.25, 0.3) is 5.91 Å². The van der Waals surface area contributed by atoms with E-state index in [9.17, 15) is 14.4 Å². The van der Waals surface area contributed by atoms with E-state index < -0.39 is 29.6 Å². The van der Waals surface area contributed by atoms with Gasteiger partial charge in [0.05, 0.1) is 6.04 Å². The molecule has 0 radical (unpaired) electrons. The van der Waals surface area contributed by atoms with Gasteiger partial charge in [-0.1, -0.05) is 0 Å². The molecule has 0 saturated heterocycles. The van der Waals surface area contributed by atoms with Crippen LogP contribution in [0.3, 0.4) is 0 Å². The van der Waals surface area contributed by atoms with Crippen molar-refractivity contribution in [1.29, 1.82) is 0 Å². The first-order chi connectivity index (χ1) is 8.11. The van der Waals surface area contributed by atoms with E-state index >= 15 is 0 Å². The molecule has 0 aliphatic heterocycles. The number of primary amides is 1. The lowest BCUT2D eigenvalue weighted by Crippen LogP contribution is -2.50. The molecule has 0 saturated carbocycles. The van der Waals surface area contributed by atoms with Gasteiger partial charge in [-0.2, -0.15) is 0 Å². The molecular formula is C10H20N4O4. The number of carbonyl (C=O) groups is 3. The van der Waals surface area contributed by atoms with Crippen LogP contribution in [0.4, 0.5) is 4.79 Å². The summed E-state index contributed by atoms with van der Waals surface area (Å²) in [4.78, 5) is 33.1. The first kappa shape index (κ1) is 16.2. The minimum Gasteiger partial charge on any atom is -0.443 e. The lowest BCUT2D eigenvalue weighted by Gasteiger charge is -2.20. The molecule has 3 amide bonds. The van der Waals surface area contributed by atoms with Crippen LogP contribution in [0.2, 0.25) is 0 Å². The fourth-order valence-corrected chi connectivity index (χ4v) is 0.938. The van der Waals surface area contributed by atoms with Crippen molar-refractivity contribution in [2.24, 2.45) is 11.5 Å². The van der Waals surface area contributed by atoms with Gasteiger partial charge in [-0.25, -0.2) is 10.2 Å². The van der Waals surface area contributed by atoms with Crippen LogP contribution in [0.5, 0.6) is 0 Å². The zero-order valence-corrected chi connectivity index (χ0v) is 10.8. The normalized spacial score (nSPS) is 12.4. The van der Waals surface area contributed by atoms with Crippen LogP contribution in [0.25, 0.3) is 0 Å². The van der Waals surface area contributed by atoms with Crippen LogP contribution in [0.15, 0.2) is 0 Å². The summed E-state index contributed by atoms with van der Waals surface area (Å²) in [5.74, 6) is -1.17. The fourth-order valence-electron chi connectivity index (χ4n) is 0.938. The number of nitrogens with one attached hydrogen (secondary N) is 2. The monoisotopic (exact) mass is 260 g/mol. The molecule has 0 aromatic carbocycles. The second-order valence-electron chi connectivity index (χ2n) is 4.73. The van der Waals surface area contributed by atoms with E-state index in [1.165, 1.54) is 0 Å². The van der Waals surface area contributed by atoms with Crippen LogP contribution >= 0.6 is 0 Å². The van der Waals surface area contributed by atoms with E-state index in [4.69, 9.17) is 16.2 Å². The molecule has 0 aliphatic carbocycles. The van der Waals surface area contributed by atoms with E-state index in [2.05, 4.69) is 10.9 Å². The van der Waals surface area contributed by atoms with Crippen LogP contribution in [-0.4, -0.2) is 29.6 Å². The zero-order valence-electron chi connectivity index (χ0n) is 10.8. The molecular weight excluding hydrogens is 240 g/mol. The van der Waals surface area contributed by atoms with Crippen molar-refractivity contribution in [2.75, 3.05) is 0 Å². The molecule has 0 heterocycles. The zero-order chi connectivity index (χ0) is 14.3. The maximum atomic E-state index is 11.4. The molecule has 0 fully saturated rings. The van der Waals surface area contributed by atoms with Gasteiger partial charge in [-0.3, -0.25) is 15.0 Å². The number of ether oxygens (including phenoxy) is 1. The molecule has 0 rings (SSSR count). The Bertz CT molecular complexity index is 324. The molecule has 104 valence electrons. The SMILES string of the molecule is CC(C)(C)OC(=O)NNC(=O)[C@@H](N)CCC(N)=O. The molecule has 18 heavy (non-hydrogen) atoms. The third-order valence-corrected chi connectivity index (χ3v) is 1.73. The summed E-state index contributed by atoms with van der Waals surface area (Å²) >= 11 is 0. The highest BCUT2D eigenvalue weighted by atomic mass is 16.6. The second-order valence-corrected chi connectivity index (χ2v) is 4.73. The van der Waals surface area contributed by atoms with Crippen LogP contribution in [-0.2, 0) is 14.3 Å². The molecule has 6 N–H and O–H groups in total. The highest BCUT2D eigenvalue weighted by Crippen LogP contribution is 2.05. The average molecular weight is 260 g/mol. The summed E-state index contributed by atoms with van der Waals surface area (Å²) in [5.41, 5.74) is 13.9. The Kier molecular flexibility index (Phi) is 6.11. The Labute approximate surface area is 105 Å².